The van der Waals surface area contributed by atoms with Crippen molar-refractivity contribution < 1.29 is 9.53 Å². The predicted octanol–water partition coefficient (Wildman–Crippen LogP) is 3.39. The lowest BCUT2D eigenvalue weighted by Gasteiger charge is -2.05. The lowest BCUT2D eigenvalue weighted by molar-refractivity contribution is 0.0950. The fraction of sp³-hybridized carbons (Fsp3) is 0.278. The van der Waals surface area contributed by atoms with Crippen molar-refractivity contribution in [1.29, 1.82) is 0 Å². The summed E-state index contributed by atoms with van der Waals surface area (Å²) in [4.78, 5) is 16.7. The largest absolute Gasteiger partial charge is 0.385 e. The smallest absolute Gasteiger partial charge is 0.256 e. The van der Waals surface area contributed by atoms with Crippen molar-refractivity contribution in [2.75, 3.05) is 20.3 Å². The van der Waals surface area contributed by atoms with E-state index in [0.717, 1.165) is 17.5 Å². The van der Waals surface area contributed by atoms with Crippen LogP contribution in [0.5, 0.6) is 0 Å². The van der Waals surface area contributed by atoms with E-state index in [4.69, 9.17) is 27.9 Å². The summed E-state index contributed by atoms with van der Waals surface area (Å²) in [5, 5.41) is 8.12. The van der Waals surface area contributed by atoms with Crippen molar-refractivity contribution in [1.82, 2.24) is 19.9 Å². The maximum Gasteiger partial charge on any atom is 0.256 e. The van der Waals surface area contributed by atoms with Gasteiger partial charge in [0.05, 0.1) is 16.2 Å². The van der Waals surface area contributed by atoms with Gasteiger partial charge in [0.2, 0.25) is 0 Å². The Labute approximate surface area is 161 Å². The number of carbonyl (C=O) groups is 1. The van der Waals surface area contributed by atoms with E-state index in [-0.39, 0.29) is 5.91 Å². The van der Waals surface area contributed by atoms with Crippen LogP contribution in [0.15, 0.2) is 36.8 Å². The molecule has 0 aliphatic heterocycles. The van der Waals surface area contributed by atoms with Gasteiger partial charge < -0.3 is 10.1 Å². The highest BCUT2D eigenvalue weighted by Gasteiger charge is 2.14. The van der Waals surface area contributed by atoms with Gasteiger partial charge in [0, 0.05) is 39.1 Å². The van der Waals surface area contributed by atoms with Crippen molar-refractivity contribution in [3.8, 4) is 0 Å². The fourth-order valence-corrected chi connectivity index (χ4v) is 2.88. The minimum atomic E-state index is -0.194. The van der Waals surface area contributed by atoms with Crippen LogP contribution in [0, 0.1) is 0 Å². The first kappa shape index (κ1) is 18.6. The average molecular weight is 393 g/mol. The third-order valence-corrected chi connectivity index (χ3v) is 4.60. The zero-order valence-corrected chi connectivity index (χ0v) is 15.7. The van der Waals surface area contributed by atoms with Gasteiger partial charge >= 0.3 is 0 Å². The lowest BCUT2D eigenvalue weighted by Crippen LogP contribution is -2.25. The van der Waals surface area contributed by atoms with E-state index in [1.54, 1.807) is 23.9 Å². The molecule has 6 nitrogen and oxygen atoms in total. The van der Waals surface area contributed by atoms with Crippen LogP contribution in [0.2, 0.25) is 10.0 Å². The molecule has 0 atom stereocenters. The van der Waals surface area contributed by atoms with Crippen molar-refractivity contribution in [2.45, 2.75) is 12.8 Å². The fourth-order valence-electron chi connectivity index (χ4n) is 2.56. The molecule has 0 aliphatic carbocycles. The number of halogens is 2. The Bertz CT molecular complexity index is 927. The molecule has 8 heteroatoms. The van der Waals surface area contributed by atoms with Gasteiger partial charge in [-0.25, -0.2) is 9.50 Å². The summed E-state index contributed by atoms with van der Waals surface area (Å²) in [6.45, 7) is 1.14. The van der Waals surface area contributed by atoms with Crippen LogP contribution in [-0.2, 0) is 11.2 Å². The van der Waals surface area contributed by atoms with Gasteiger partial charge in [0.25, 0.3) is 5.91 Å². The molecule has 1 aromatic carbocycles. The van der Waals surface area contributed by atoms with E-state index < -0.39 is 0 Å². The van der Waals surface area contributed by atoms with E-state index in [1.165, 1.54) is 6.20 Å². The Morgan fingerprint density at radius 3 is 2.85 bits per heavy atom. The Kier molecular flexibility index (Phi) is 6.08. The number of carbonyl (C=O) groups excluding carboxylic acids is 1. The number of rotatable bonds is 7. The maximum atomic E-state index is 12.3. The summed E-state index contributed by atoms with van der Waals surface area (Å²) in [6, 6.07) is 5.52. The number of benzene rings is 1. The van der Waals surface area contributed by atoms with E-state index in [2.05, 4.69) is 15.4 Å². The minimum Gasteiger partial charge on any atom is -0.385 e. The molecule has 0 radical (unpaired) electrons. The van der Waals surface area contributed by atoms with Crippen LogP contribution in [0.25, 0.3) is 5.65 Å². The summed E-state index contributed by atoms with van der Waals surface area (Å²) in [7, 11) is 1.63. The summed E-state index contributed by atoms with van der Waals surface area (Å²) in [5.41, 5.74) is 2.94. The number of aromatic nitrogens is 3. The minimum absolute atomic E-state index is 0.194. The van der Waals surface area contributed by atoms with E-state index in [1.807, 2.05) is 18.3 Å². The summed E-state index contributed by atoms with van der Waals surface area (Å²) < 4.78 is 6.57. The van der Waals surface area contributed by atoms with Crippen LogP contribution in [-0.4, -0.2) is 40.8 Å². The molecule has 1 amide bonds. The zero-order chi connectivity index (χ0) is 18.5. The van der Waals surface area contributed by atoms with Gasteiger partial charge in [0.1, 0.15) is 5.56 Å². The van der Waals surface area contributed by atoms with Crippen LogP contribution in [0.4, 0.5) is 0 Å². The quantitative estimate of drug-likeness (QED) is 0.625. The molecule has 3 rings (SSSR count). The SMILES string of the molecule is COCCCNC(=O)c1cnn2cc(Cc3ccc(Cl)c(Cl)c3)cnc12. The Morgan fingerprint density at radius 2 is 2.08 bits per heavy atom. The third kappa shape index (κ3) is 4.33. The third-order valence-electron chi connectivity index (χ3n) is 3.86. The molecule has 136 valence electrons. The Balaban J connectivity index is 1.74. The maximum absolute atomic E-state index is 12.3. The van der Waals surface area contributed by atoms with Gasteiger partial charge in [-0.1, -0.05) is 29.3 Å². The molecule has 26 heavy (non-hydrogen) atoms. The molecule has 0 saturated carbocycles. The second-order valence-electron chi connectivity index (χ2n) is 5.82. The topological polar surface area (TPSA) is 68.5 Å². The van der Waals surface area contributed by atoms with Crippen molar-refractivity contribution in [3.63, 3.8) is 0 Å². The molecular formula is C18H18Cl2N4O2. The number of ether oxygens (including phenoxy) is 1. The van der Waals surface area contributed by atoms with Crippen LogP contribution in [0.3, 0.4) is 0 Å². The molecule has 0 saturated heterocycles. The van der Waals surface area contributed by atoms with Gasteiger partial charge in [-0.15, -0.1) is 0 Å². The highest BCUT2D eigenvalue weighted by molar-refractivity contribution is 6.42. The number of hydrogen-bond donors (Lipinski definition) is 1. The normalized spacial score (nSPS) is 11.0. The van der Waals surface area contributed by atoms with Crippen molar-refractivity contribution in [2.24, 2.45) is 0 Å². The first-order chi connectivity index (χ1) is 12.6. The molecular weight excluding hydrogens is 375 g/mol. The molecule has 0 spiro atoms. The molecule has 1 N–H and O–H groups in total. The molecule has 0 unspecified atom stereocenters. The Hall–Kier alpha value is -2.15. The molecule has 0 fully saturated rings. The number of nitrogens with zero attached hydrogens (tertiary/aromatic N) is 3. The number of amides is 1. The molecule has 0 bridgehead atoms. The number of hydrogen-bond acceptors (Lipinski definition) is 4. The van der Waals surface area contributed by atoms with Crippen LogP contribution in [0.1, 0.15) is 27.9 Å². The van der Waals surface area contributed by atoms with Crippen molar-refractivity contribution in [3.05, 3.63) is 63.5 Å². The van der Waals surface area contributed by atoms with E-state index in [9.17, 15) is 4.79 Å². The highest BCUT2D eigenvalue weighted by atomic mass is 35.5. The second kappa shape index (κ2) is 8.49. The molecule has 3 aromatic rings. The van der Waals surface area contributed by atoms with Gasteiger partial charge in [0.15, 0.2) is 5.65 Å². The Morgan fingerprint density at radius 1 is 1.23 bits per heavy atom. The number of fused-ring (bicyclic) bond motifs is 1. The molecule has 2 heterocycles. The summed E-state index contributed by atoms with van der Waals surface area (Å²) in [5.74, 6) is -0.194. The van der Waals surface area contributed by atoms with Gasteiger partial charge in [-0.05, 0) is 29.7 Å². The lowest BCUT2D eigenvalue weighted by atomic mass is 10.1. The van der Waals surface area contributed by atoms with Gasteiger partial charge in [-0.3, -0.25) is 4.79 Å². The average Bonchev–Trinajstić information content (AvgIpc) is 3.05. The molecule has 2 aromatic heterocycles. The standard InChI is InChI=1S/C18H18Cl2N4O2/c1-26-6-2-5-21-18(25)14-10-23-24-11-13(9-22-17(14)24)7-12-3-4-15(19)16(20)8-12/h3-4,8-11H,2,5-7H2,1H3,(H,21,25). The van der Waals surface area contributed by atoms with Crippen molar-refractivity contribution >= 4 is 34.8 Å². The highest BCUT2D eigenvalue weighted by Crippen LogP contribution is 2.24. The predicted molar refractivity (Wildman–Crippen MR) is 101 cm³/mol. The van der Waals surface area contributed by atoms with Gasteiger partial charge in [-0.2, -0.15) is 5.10 Å². The number of nitrogens with one attached hydrogen (secondary N) is 1. The zero-order valence-electron chi connectivity index (χ0n) is 14.2. The summed E-state index contributed by atoms with van der Waals surface area (Å²) in [6.07, 6.45) is 6.51. The monoisotopic (exact) mass is 392 g/mol. The van der Waals surface area contributed by atoms with Crippen LogP contribution >= 0.6 is 23.2 Å². The van der Waals surface area contributed by atoms with E-state index >= 15 is 0 Å². The second-order valence-corrected chi connectivity index (χ2v) is 6.63. The van der Waals surface area contributed by atoms with Crippen LogP contribution < -0.4 is 5.32 Å². The number of methoxy groups -OCH3 is 1. The first-order valence-electron chi connectivity index (χ1n) is 8.12. The summed E-state index contributed by atoms with van der Waals surface area (Å²) >= 11 is 12.0. The first-order valence-corrected chi connectivity index (χ1v) is 8.87. The van der Waals surface area contributed by atoms with E-state index in [0.29, 0.717) is 40.8 Å². The molecule has 0 aliphatic rings.